The van der Waals surface area contributed by atoms with Gasteiger partial charge < -0.3 is 15.6 Å². The third-order valence-corrected chi connectivity index (χ3v) is 3.66. The Morgan fingerprint density at radius 1 is 1.12 bits per heavy atom. The molecule has 24 heavy (non-hydrogen) atoms. The topological polar surface area (TPSA) is 89.6 Å². The second kappa shape index (κ2) is 7.01. The Bertz CT molecular complexity index is 743. The monoisotopic (exact) mass is 329 g/mol. The average molecular weight is 329 g/mol. The molecule has 128 valence electrons. The molecule has 0 saturated heterocycles. The minimum absolute atomic E-state index is 0.312. The zero-order chi connectivity index (χ0) is 17.9. The van der Waals surface area contributed by atoms with Crippen LogP contribution in [-0.2, 0) is 14.3 Å². The molecule has 2 atom stereocenters. The number of carboxylic acids is 1. The second-order valence-electron chi connectivity index (χ2n) is 6.84. The normalized spacial score (nSPS) is 14.2. The fraction of sp³-hybridized carbons (Fsp3) is 0.368. The molecular formula is C19H23NO4. The van der Waals surface area contributed by atoms with Crippen molar-refractivity contribution in [2.24, 2.45) is 5.73 Å². The van der Waals surface area contributed by atoms with E-state index in [2.05, 4.69) is 0 Å². The highest BCUT2D eigenvalue weighted by Gasteiger charge is 2.33. The van der Waals surface area contributed by atoms with Crippen molar-refractivity contribution in [2.75, 3.05) is 0 Å². The first-order valence-electron chi connectivity index (χ1n) is 7.87. The Kier molecular flexibility index (Phi) is 5.24. The van der Waals surface area contributed by atoms with E-state index >= 15 is 0 Å². The van der Waals surface area contributed by atoms with E-state index < -0.39 is 29.5 Å². The molecule has 0 aromatic heterocycles. The van der Waals surface area contributed by atoms with E-state index in [1.165, 1.54) is 0 Å². The molecule has 0 bridgehead atoms. The molecule has 0 fully saturated rings. The van der Waals surface area contributed by atoms with Gasteiger partial charge in [-0.05, 0) is 37.1 Å². The van der Waals surface area contributed by atoms with E-state index in [1.54, 1.807) is 26.8 Å². The number of hydrogen-bond donors (Lipinski definition) is 2. The van der Waals surface area contributed by atoms with Gasteiger partial charge in [0.1, 0.15) is 5.60 Å². The first-order chi connectivity index (χ1) is 11.2. The summed E-state index contributed by atoms with van der Waals surface area (Å²) >= 11 is 0. The van der Waals surface area contributed by atoms with Gasteiger partial charge in [0.15, 0.2) is 0 Å². The first kappa shape index (κ1) is 17.9. The third kappa shape index (κ3) is 4.32. The third-order valence-electron chi connectivity index (χ3n) is 3.66. The van der Waals surface area contributed by atoms with E-state index in [4.69, 9.17) is 15.6 Å². The van der Waals surface area contributed by atoms with Crippen molar-refractivity contribution in [3.63, 3.8) is 0 Å². The number of fused-ring (bicyclic) bond motifs is 1. The van der Waals surface area contributed by atoms with Crippen LogP contribution in [-0.4, -0.2) is 28.7 Å². The molecule has 0 aliphatic heterocycles. The smallest absolute Gasteiger partial charge is 0.315 e. The van der Waals surface area contributed by atoms with Crippen LogP contribution in [0.3, 0.4) is 0 Å². The maximum Gasteiger partial charge on any atom is 0.315 e. The molecular weight excluding hydrogens is 306 g/mol. The van der Waals surface area contributed by atoms with E-state index in [-0.39, 0.29) is 6.42 Å². The van der Waals surface area contributed by atoms with Gasteiger partial charge in [-0.1, -0.05) is 42.5 Å². The van der Waals surface area contributed by atoms with Crippen LogP contribution in [0.5, 0.6) is 0 Å². The van der Waals surface area contributed by atoms with E-state index in [1.807, 2.05) is 36.4 Å². The molecule has 2 aromatic rings. The number of carboxylic acid groups (broad SMARTS) is 1. The van der Waals surface area contributed by atoms with E-state index in [9.17, 15) is 9.59 Å². The lowest BCUT2D eigenvalue weighted by Crippen LogP contribution is -2.39. The van der Waals surface area contributed by atoms with Crippen molar-refractivity contribution in [3.05, 3.63) is 48.0 Å². The van der Waals surface area contributed by atoms with Crippen LogP contribution in [0.25, 0.3) is 10.8 Å². The Morgan fingerprint density at radius 3 is 2.38 bits per heavy atom. The van der Waals surface area contributed by atoms with Crippen LogP contribution in [0.4, 0.5) is 0 Å². The van der Waals surface area contributed by atoms with E-state index in [0.29, 0.717) is 5.56 Å². The van der Waals surface area contributed by atoms with Gasteiger partial charge in [-0.3, -0.25) is 9.59 Å². The lowest BCUT2D eigenvalue weighted by Gasteiger charge is -2.27. The van der Waals surface area contributed by atoms with Crippen LogP contribution >= 0.6 is 0 Å². The second-order valence-corrected chi connectivity index (χ2v) is 6.84. The molecule has 0 amide bonds. The molecule has 0 spiro atoms. The summed E-state index contributed by atoms with van der Waals surface area (Å²) in [4.78, 5) is 23.8. The summed E-state index contributed by atoms with van der Waals surface area (Å²) in [6.07, 6.45) is -0.312. The number of ether oxygens (including phenoxy) is 1. The average Bonchev–Trinajstić information content (AvgIpc) is 2.45. The molecule has 0 heterocycles. The molecule has 5 heteroatoms. The lowest BCUT2D eigenvalue weighted by molar-refractivity contribution is -0.157. The maximum atomic E-state index is 12.7. The highest BCUT2D eigenvalue weighted by Crippen LogP contribution is 2.30. The Labute approximate surface area is 141 Å². The van der Waals surface area contributed by atoms with Gasteiger partial charge in [-0.2, -0.15) is 0 Å². The quantitative estimate of drug-likeness (QED) is 0.823. The summed E-state index contributed by atoms with van der Waals surface area (Å²) in [5, 5.41) is 10.9. The number of aliphatic carboxylic acids is 1. The van der Waals surface area contributed by atoms with Crippen LogP contribution < -0.4 is 5.73 Å². The standard InChI is InChI=1S/C19H23NO4/c1-19(2,3)24-18(23)17(15(20)11-16(21)22)14-10-6-8-12-7-4-5-9-13(12)14/h4-10,15,17H,11,20H2,1-3H3,(H,21,22)/t15-,17-/m1/s1. The SMILES string of the molecule is CC(C)(C)OC(=O)[C@H](c1cccc2ccccc12)[C@H](N)CC(=O)O. The Balaban J connectivity index is 2.51. The Morgan fingerprint density at radius 2 is 1.75 bits per heavy atom. The fourth-order valence-corrected chi connectivity index (χ4v) is 2.74. The fourth-order valence-electron chi connectivity index (χ4n) is 2.74. The van der Waals surface area contributed by atoms with Gasteiger partial charge >= 0.3 is 11.9 Å². The van der Waals surface area contributed by atoms with Crippen LogP contribution in [0.1, 0.15) is 38.7 Å². The van der Waals surface area contributed by atoms with Gasteiger partial charge in [0, 0.05) is 6.04 Å². The van der Waals surface area contributed by atoms with Crippen molar-refractivity contribution < 1.29 is 19.4 Å². The van der Waals surface area contributed by atoms with Gasteiger partial charge in [0.05, 0.1) is 12.3 Å². The highest BCUT2D eigenvalue weighted by molar-refractivity contribution is 5.92. The predicted molar refractivity (Wildman–Crippen MR) is 92.8 cm³/mol. The predicted octanol–water partition coefficient (Wildman–Crippen LogP) is 3.07. The van der Waals surface area contributed by atoms with E-state index in [0.717, 1.165) is 10.8 Å². The minimum atomic E-state index is -1.05. The molecule has 2 rings (SSSR count). The maximum absolute atomic E-state index is 12.7. The van der Waals surface area contributed by atoms with Crippen molar-refractivity contribution in [2.45, 2.75) is 44.8 Å². The van der Waals surface area contributed by atoms with Gasteiger partial charge in [-0.15, -0.1) is 0 Å². The number of nitrogens with two attached hydrogens (primary N) is 1. The molecule has 0 aliphatic carbocycles. The molecule has 3 N–H and O–H groups in total. The molecule has 0 unspecified atom stereocenters. The largest absolute Gasteiger partial charge is 0.481 e. The summed E-state index contributed by atoms with van der Waals surface area (Å²) in [6, 6.07) is 12.3. The molecule has 0 aliphatic rings. The summed E-state index contributed by atoms with van der Waals surface area (Å²) in [5.41, 5.74) is 6.09. The lowest BCUT2D eigenvalue weighted by atomic mass is 9.86. The first-order valence-corrected chi connectivity index (χ1v) is 7.87. The Hall–Kier alpha value is -2.40. The van der Waals surface area contributed by atoms with Gasteiger partial charge in [0.2, 0.25) is 0 Å². The number of carbonyl (C=O) groups is 2. The number of esters is 1. The summed E-state index contributed by atoms with van der Waals surface area (Å²) in [5.74, 6) is -2.39. The molecule has 0 radical (unpaired) electrons. The number of rotatable bonds is 5. The zero-order valence-corrected chi connectivity index (χ0v) is 14.2. The van der Waals surface area contributed by atoms with Crippen molar-refractivity contribution in [3.8, 4) is 0 Å². The number of carbonyl (C=O) groups excluding carboxylic acids is 1. The minimum Gasteiger partial charge on any atom is -0.481 e. The zero-order valence-electron chi connectivity index (χ0n) is 14.2. The van der Waals surface area contributed by atoms with Crippen LogP contribution in [0, 0.1) is 0 Å². The van der Waals surface area contributed by atoms with Crippen molar-refractivity contribution in [1.82, 2.24) is 0 Å². The van der Waals surface area contributed by atoms with Crippen LogP contribution in [0.2, 0.25) is 0 Å². The summed E-state index contributed by atoms with van der Waals surface area (Å²) in [7, 11) is 0. The van der Waals surface area contributed by atoms with Crippen LogP contribution in [0.15, 0.2) is 42.5 Å². The molecule has 2 aromatic carbocycles. The van der Waals surface area contributed by atoms with Gasteiger partial charge in [0.25, 0.3) is 0 Å². The van der Waals surface area contributed by atoms with Crippen molar-refractivity contribution >= 4 is 22.7 Å². The van der Waals surface area contributed by atoms with Crippen molar-refractivity contribution in [1.29, 1.82) is 0 Å². The molecule has 5 nitrogen and oxygen atoms in total. The molecule has 0 saturated carbocycles. The highest BCUT2D eigenvalue weighted by atomic mass is 16.6. The summed E-state index contributed by atoms with van der Waals surface area (Å²) in [6.45, 7) is 5.31. The summed E-state index contributed by atoms with van der Waals surface area (Å²) < 4.78 is 5.49. The number of hydrogen-bond acceptors (Lipinski definition) is 4. The number of benzene rings is 2. The van der Waals surface area contributed by atoms with Gasteiger partial charge in [-0.25, -0.2) is 0 Å².